The number of benzene rings is 1. The Labute approximate surface area is 105 Å². The normalized spacial score (nSPS) is 12.2. The number of hydrogen-bond acceptors (Lipinski definition) is 4. The average Bonchev–Trinajstić information content (AvgIpc) is 2.91. The Kier molecular flexibility index (Phi) is 3.66. The summed E-state index contributed by atoms with van der Waals surface area (Å²) in [6.45, 7) is 0. The number of nitrogens with two attached hydrogens (primary N) is 1. The van der Waals surface area contributed by atoms with E-state index in [2.05, 4.69) is 0 Å². The molecule has 2 N–H and O–H groups in total. The summed E-state index contributed by atoms with van der Waals surface area (Å²) >= 11 is 1.64. The molecule has 0 aliphatic carbocycles. The van der Waals surface area contributed by atoms with Crippen molar-refractivity contribution in [3.05, 3.63) is 46.2 Å². The third-order valence-electron chi connectivity index (χ3n) is 2.62. The van der Waals surface area contributed by atoms with Crippen molar-refractivity contribution >= 4 is 11.3 Å². The smallest absolute Gasteiger partial charge is 0.124 e. The summed E-state index contributed by atoms with van der Waals surface area (Å²) < 4.78 is 10.5. The molecule has 0 amide bonds. The highest BCUT2D eigenvalue weighted by Crippen LogP contribution is 2.33. The lowest BCUT2D eigenvalue weighted by Gasteiger charge is -2.15. The second-order valence-corrected chi connectivity index (χ2v) is 4.58. The molecular weight excluding hydrogens is 234 g/mol. The van der Waals surface area contributed by atoms with E-state index in [-0.39, 0.29) is 6.04 Å². The third kappa shape index (κ3) is 2.43. The van der Waals surface area contributed by atoms with Gasteiger partial charge in [0, 0.05) is 10.4 Å². The molecule has 0 radical (unpaired) electrons. The number of ether oxygens (including phenoxy) is 2. The van der Waals surface area contributed by atoms with Crippen LogP contribution in [0.15, 0.2) is 35.7 Å². The summed E-state index contributed by atoms with van der Waals surface area (Å²) in [6, 6.07) is 9.50. The maximum atomic E-state index is 6.24. The monoisotopic (exact) mass is 249 g/mol. The SMILES string of the molecule is COc1ccc(OC)c([C@H](N)c2cccs2)c1. The van der Waals surface area contributed by atoms with E-state index < -0.39 is 0 Å². The average molecular weight is 249 g/mol. The van der Waals surface area contributed by atoms with Gasteiger partial charge in [-0.3, -0.25) is 0 Å². The van der Waals surface area contributed by atoms with Crippen LogP contribution in [-0.4, -0.2) is 14.2 Å². The van der Waals surface area contributed by atoms with Crippen LogP contribution in [0.4, 0.5) is 0 Å². The van der Waals surface area contributed by atoms with Crippen molar-refractivity contribution in [1.29, 1.82) is 0 Å². The molecule has 0 bridgehead atoms. The van der Waals surface area contributed by atoms with Gasteiger partial charge >= 0.3 is 0 Å². The second kappa shape index (κ2) is 5.21. The van der Waals surface area contributed by atoms with Crippen LogP contribution in [0.5, 0.6) is 11.5 Å². The van der Waals surface area contributed by atoms with Gasteiger partial charge in [-0.1, -0.05) is 6.07 Å². The molecule has 90 valence electrons. The van der Waals surface area contributed by atoms with Crippen LogP contribution in [-0.2, 0) is 0 Å². The van der Waals surface area contributed by atoms with Crippen LogP contribution < -0.4 is 15.2 Å². The largest absolute Gasteiger partial charge is 0.497 e. The molecule has 0 aliphatic heterocycles. The topological polar surface area (TPSA) is 44.5 Å². The Morgan fingerprint density at radius 1 is 1.18 bits per heavy atom. The lowest BCUT2D eigenvalue weighted by molar-refractivity contribution is 0.397. The molecule has 0 aliphatic rings. The molecule has 0 saturated carbocycles. The van der Waals surface area contributed by atoms with E-state index in [4.69, 9.17) is 15.2 Å². The Bertz CT molecular complexity index is 482. The van der Waals surface area contributed by atoms with Gasteiger partial charge in [-0.05, 0) is 29.6 Å². The van der Waals surface area contributed by atoms with Gasteiger partial charge in [-0.15, -0.1) is 11.3 Å². The number of thiophene rings is 1. The molecular formula is C13H15NO2S. The minimum atomic E-state index is -0.181. The highest BCUT2D eigenvalue weighted by molar-refractivity contribution is 7.10. The number of methoxy groups -OCH3 is 2. The molecule has 3 nitrogen and oxygen atoms in total. The Morgan fingerprint density at radius 2 is 2.00 bits per heavy atom. The predicted octanol–water partition coefficient (Wildman–Crippen LogP) is 2.81. The maximum absolute atomic E-state index is 6.24. The molecule has 0 fully saturated rings. The Morgan fingerprint density at radius 3 is 2.59 bits per heavy atom. The van der Waals surface area contributed by atoms with E-state index in [9.17, 15) is 0 Å². The molecule has 0 unspecified atom stereocenters. The molecule has 1 atom stereocenters. The van der Waals surface area contributed by atoms with E-state index >= 15 is 0 Å². The predicted molar refractivity (Wildman–Crippen MR) is 69.9 cm³/mol. The first kappa shape index (κ1) is 12.0. The fourth-order valence-electron chi connectivity index (χ4n) is 1.70. The van der Waals surface area contributed by atoms with Gasteiger partial charge in [-0.2, -0.15) is 0 Å². The van der Waals surface area contributed by atoms with Gasteiger partial charge < -0.3 is 15.2 Å². The molecule has 1 heterocycles. The first-order valence-corrected chi connectivity index (χ1v) is 6.15. The fourth-order valence-corrected chi connectivity index (χ4v) is 2.45. The molecule has 2 rings (SSSR count). The lowest BCUT2D eigenvalue weighted by atomic mass is 10.0. The van der Waals surface area contributed by atoms with Crippen LogP contribution >= 0.6 is 11.3 Å². The summed E-state index contributed by atoms with van der Waals surface area (Å²) in [5, 5.41) is 2.02. The van der Waals surface area contributed by atoms with Crippen LogP contribution in [0.1, 0.15) is 16.5 Å². The highest BCUT2D eigenvalue weighted by atomic mass is 32.1. The van der Waals surface area contributed by atoms with Crippen molar-refractivity contribution in [3.8, 4) is 11.5 Å². The maximum Gasteiger partial charge on any atom is 0.124 e. The van der Waals surface area contributed by atoms with Crippen LogP contribution in [0.3, 0.4) is 0 Å². The van der Waals surface area contributed by atoms with Gasteiger partial charge in [0.2, 0.25) is 0 Å². The van der Waals surface area contributed by atoms with Crippen molar-refractivity contribution in [2.75, 3.05) is 14.2 Å². The van der Waals surface area contributed by atoms with Crippen molar-refractivity contribution < 1.29 is 9.47 Å². The van der Waals surface area contributed by atoms with Crippen molar-refractivity contribution in [1.82, 2.24) is 0 Å². The summed E-state index contributed by atoms with van der Waals surface area (Å²) in [4.78, 5) is 1.11. The van der Waals surface area contributed by atoms with E-state index in [1.54, 1.807) is 25.6 Å². The van der Waals surface area contributed by atoms with Gasteiger partial charge in [-0.25, -0.2) is 0 Å². The van der Waals surface area contributed by atoms with E-state index in [0.717, 1.165) is 21.9 Å². The first-order chi connectivity index (χ1) is 8.26. The van der Waals surface area contributed by atoms with Crippen LogP contribution in [0.25, 0.3) is 0 Å². The van der Waals surface area contributed by atoms with Gasteiger partial charge in [0.05, 0.1) is 20.3 Å². The van der Waals surface area contributed by atoms with Crippen molar-refractivity contribution in [2.24, 2.45) is 5.73 Å². The summed E-state index contributed by atoms with van der Waals surface area (Å²) in [7, 11) is 3.29. The lowest BCUT2D eigenvalue weighted by Crippen LogP contribution is -2.11. The standard InChI is InChI=1S/C13H15NO2S/c1-15-9-5-6-11(16-2)10(8-9)13(14)12-4-3-7-17-12/h3-8,13H,14H2,1-2H3/t13-/m0/s1. The molecule has 1 aromatic heterocycles. The molecule has 0 saturated heterocycles. The molecule has 1 aromatic carbocycles. The van der Waals surface area contributed by atoms with Crippen molar-refractivity contribution in [2.45, 2.75) is 6.04 Å². The fraction of sp³-hybridized carbons (Fsp3) is 0.231. The van der Waals surface area contributed by atoms with Crippen LogP contribution in [0.2, 0.25) is 0 Å². The summed E-state index contributed by atoms with van der Waals surface area (Å²) in [5.74, 6) is 1.57. The minimum absolute atomic E-state index is 0.181. The highest BCUT2D eigenvalue weighted by Gasteiger charge is 2.15. The molecule has 4 heteroatoms. The van der Waals surface area contributed by atoms with Crippen LogP contribution in [0, 0.1) is 0 Å². The Balaban J connectivity index is 2.41. The quantitative estimate of drug-likeness (QED) is 0.906. The summed E-state index contributed by atoms with van der Waals surface area (Å²) in [5.41, 5.74) is 7.17. The second-order valence-electron chi connectivity index (χ2n) is 3.60. The molecule has 2 aromatic rings. The van der Waals surface area contributed by atoms with E-state index in [1.165, 1.54) is 0 Å². The van der Waals surface area contributed by atoms with E-state index in [0.29, 0.717) is 0 Å². The zero-order chi connectivity index (χ0) is 12.3. The molecule has 0 spiro atoms. The van der Waals surface area contributed by atoms with E-state index in [1.807, 2.05) is 35.7 Å². The van der Waals surface area contributed by atoms with Gasteiger partial charge in [0.15, 0.2) is 0 Å². The minimum Gasteiger partial charge on any atom is -0.497 e. The molecule has 17 heavy (non-hydrogen) atoms. The third-order valence-corrected chi connectivity index (χ3v) is 3.58. The number of hydrogen-bond donors (Lipinski definition) is 1. The van der Waals surface area contributed by atoms with Gasteiger partial charge in [0.25, 0.3) is 0 Å². The zero-order valence-corrected chi connectivity index (χ0v) is 10.7. The first-order valence-electron chi connectivity index (χ1n) is 5.27. The Hall–Kier alpha value is -1.52. The summed E-state index contributed by atoms with van der Waals surface area (Å²) in [6.07, 6.45) is 0. The number of rotatable bonds is 4. The zero-order valence-electron chi connectivity index (χ0n) is 9.84. The van der Waals surface area contributed by atoms with Crippen molar-refractivity contribution in [3.63, 3.8) is 0 Å². The van der Waals surface area contributed by atoms with Gasteiger partial charge in [0.1, 0.15) is 11.5 Å².